The van der Waals surface area contributed by atoms with Crippen LogP contribution in [0.2, 0.25) is 5.02 Å². The Morgan fingerprint density at radius 1 is 1.39 bits per heavy atom. The summed E-state index contributed by atoms with van der Waals surface area (Å²) in [5.74, 6) is 0.794. The number of methoxy groups -OCH3 is 1. The summed E-state index contributed by atoms with van der Waals surface area (Å²) in [5.41, 5.74) is 2.05. The minimum absolute atomic E-state index is 0.253. The molecule has 96 valence electrons. The van der Waals surface area contributed by atoms with Crippen molar-refractivity contribution in [1.82, 2.24) is 0 Å². The number of aryl methyl sites for hydroxylation is 1. The van der Waals surface area contributed by atoms with Crippen LogP contribution in [0.4, 0.5) is 0 Å². The fourth-order valence-electron chi connectivity index (χ4n) is 1.60. The van der Waals surface area contributed by atoms with Crippen molar-refractivity contribution in [1.29, 1.82) is 0 Å². The lowest BCUT2D eigenvalue weighted by molar-refractivity contribution is 0.414. The molecule has 0 spiro atoms. The SMILES string of the molecule is COc1ccc(C(Cl)c2scc(C)c2Cl)c(Br)c1. The van der Waals surface area contributed by atoms with Crippen LogP contribution in [0.3, 0.4) is 0 Å². The molecule has 1 aromatic heterocycles. The molecule has 0 fully saturated rings. The second-order valence-electron chi connectivity index (χ2n) is 3.85. The Morgan fingerprint density at radius 3 is 2.61 bits per heavy atom. The van der Waals surface area contributed by atoms with E-state index >= 15 is 0 Å². The molecule has 0 amide bonds. The molecule has 2 aromatic rings. The van der Waals surface area contributed by atoms with E-state index in [-0.39, 0.29) is 5.38 Å². The number of ether oxygens (including phenoxy) is 1. The number of alkyl halides is 1. The van der Waals surface area contributed by atoms with Gasteiger partial charge in [0.1, 0.15) is 5.75 Å². The van der Waals surface area contributed by atoms with E-state index in [0.29, 0.717) is 0 Å². The first-order valence-corrected chi connectivity index (χ1v) is 7.74. The number of thiophene rings is 1. The van der Waals surface area contributed by atoms with Gasteiger partial charge in [-0.3, -0.25) is 0 Å². The predicted molar refractivity (Wildman–Crippen MR) is 82.5 cm³/mol. The summed E-state index contributed by atoms with van der Waals surface area (Å²) in [4.78, 5) is 0.974. The van der Waals surface area contributed by atoms with Gasteiger partial charge in [-0.1, -0.05) is 33.6 Å². The summed E-state index contributed by atoms with van der Waals surface area (Å²) in [7, 11) is 1.64. The maximum absolute atomic E-state index is 6.51. The summed E-state index contributed by atoms with van der Waals surface area (Å²) >= 11 is 17.9. The minimum atomic E-state index is -0.253. The molecule has 0 bridgehead atoms. The summed E-state index contributed by atoms with van der Waals surface area (Å²) in [6.07, 6.45) is 0. The number of hydrogen-bond donors (Lipinski definition) is 0. The molecule has 0 aliphatic heterocycles. The zero-order chi connectivity index (χ0) is 13.3. The molecule has 1 heterocycles. The van der Waals surface area contributed by atoms with Gasteiger partial charge in [-0.15, -0.1) is 22.9 Å². The fraction of sp³-hybridized carbons (Fsp3) is 0.231. The highest BCUT2D eigenvalue weighted by atomic mass is 79.9. The van der Waals surface area contributed by atoms with E-state index in [1.54, 1.807) is 18.4 Å². The zero-order valence-corrected chi connectivity index (χ0v) is 13.8. The first-order valence-electron chi connectivity index (χ1n) is 5.25. The highest BCUT2D eigenvalue weighted by molar-refractivity contribution is 9.10. The molecule has 0 saturated heterocycles. The molecule has 1 unspecified atom stereocenters. The lowest BCUT2D eigenvalue weighted by atomic mass is 10.1. The second-order valence-corrected chi connectivity index (χ2v) is 6.43. The van der Waals surface area contributed by atoms with Crippen LogP contribution in [0.5, 0.6) is 5.75 Å². The summed E-state index contributed by atoms with van der Waals surface area (Å²) < 4.78 is 6.09. The standard InChI is InChI=1S/C13H11BrCl2OS/c1-7-6-18-13(11(7)15)12(16)9-4-3-8(17-2)5-10(9)14/h3-6,12H,1-2H3. The summed E-state index contributed by atoms with van der Waals surface area (Å²) in [6.45, 7) is 1.98. The van der Waals surface area contributed by atoms with Crippen LogP contribution in [-0.4, -0.2) is 7.11 Å². The molecular formula is C13H11BrCl2OS. The molecule has 1 nitrogen and oxygen atoms in total. The highest BCUT2D eigenvalue weighted by Crippen LogP contribution is 2.42. The lowest BCUT2D eigenvalue weighted by Crippen LogP contribution is -1.94. The second kappa shape index (κ2) is 5.83. The molecule has 0 radical (unpaired) electrons. The van der Waals surface area contributed by atoms with Crippen LogP contribution >= 0.6 is 50.5 Å². The fourth-order valence-corrected chi connectivity index (χ4v) is 4.12. The maximum atomic E-state index is 6.51. The topological polar surface area (TPSA) is 9.23 Å². The largest absolute Gasteiger partial charge is 0.497 e. The number of halogens is 3. The first-order chi connectivity index (χ1) is 8.54. The quantitative estimate of drug-likeness (QED) is 0.623. The van der Waals surface area contributed by atoms with Gasteiger partial charge in [-0.2, -0.15) is 0 Å². The lowest BCUT2D eigenvalue weighted by Gasteiger charge is -2.12. The molecule has 0 N–H and O–H groups in total. The zero-order valence-electron chi connectivity index (χ0n) is 9.84. The van der Waals surface area contributed by atoms with Gasteiger partial charge in [0.05, 0.1) is 17.5 Å². The predicted octanol–water partition coefficient (Wildman–Crippen LogP) is 5.81. The average Bonchev–Trinajstić information content (AvgIpc) is 2.69. The van der Waals surface area contributed by atoms with E-state index < -0.39 is 0 Å². The Morgan fingerprint density at radius 2 is 2.11 bits per heavy atom. The first kappa shape index (κ1) is 14.2. The normalized spacial score (nSPS) is 12.5. The molecule has 2 rings (SSSR count). The van der Waals surface area contributed by atoms with Gasteiger partial charge >= 0.3 is 0 Å². The van der Waals surface area contributed by atoms with Gasteiger partial charge in [0, 0.05) is 9.35 Å². The van der Waals surface area contributed by atoms with Crippen molar-refractivity contribution in [2.24, 2.45) is 0 Å². The van der Waals surface area contributed by atoms with Gasteiger partial charge < -0.3 is 4.74 Å². The van der Waals surface area contributed by atoms with Gasteiger partial charge in [-0.25, -0.2) is 0 Å². The van der Waals surface area contributed by atoms with Gasteiger partial charge in [0.2, 0.25) is 0 Å². The Balaban J connectivity index is 2.40. The molecule has 18 heavy (non-hydrogen) atoms. The van der Waals surface area contributed by atoms with E-state index in [4.69, 9.17) is 27.9 Å². The van der Waals surface area contributed by atoms with E-state index in [1.165, 1.54) is 0 Å². The number of rotatable bonds is 3. The van der Waals surface area contributed by atoms with Crippen LogP contribution in [-0.2, 0) is 0 Å². The molecule has 0 saturated carbocycles. The van der Waals surface area contributed by atoms with Gasteiger partial charge in [-0.05, 0) is 35.6 Å². The van der Waals surface area contributed by atoms with Crippen molar-refractivity contribution in [2.45, 2.75) is 12.3 Å². The van der Waals surface area contributed by atoms with Crippen molar-refractivity contribution in [3.8, 4) is 5.75 Å². The van der Waals surface area contributed by atoms with Crippen molar-refractivity contribution in [3.05, 3.63) is 49.1 Å². The van der Waals surface area contributed by atoms with Crippen LogP contribution in [0, 0.1) is 6.92 Å². The van der Waals surface area contributed by atoms with Crippen LogP contribution in [0.15, 0.2) is 28.1 Å². The molecule has 1 aromatic carbocycles. The van der Waals surface area contributed by atoms with E-state index in [9.17, 15) is 0 Å². The number of hydrogen-bond acceptors (Lipinski definition) is 2. The summed E-state index contributed by atoms with van der Waals surface area (Å²) in [5, 5.41) is 2.52. The van der Waals surface area contributed by atoms with E-state index in [2.05, 4.69) is 15.9 Å². The Hall–Kier alpha value is -0.220. The molecule has 0 aliphatic carbocycles. The third-order valence-corrected chi connectivity index (χ3v) is 5.68. The molecule has 0 aliphatic rings. The molecular weight excluding hydrogens is 355 g/mol. The van der Waals surface area contributed by atoms with Crippen molar-refractivity contribution in [3.63, 3.8) is 0 Å². The van der Waals surface area contributed by atoms with Crippen molar-refractivity contribution < 1.29 is 4.74 Å². The van der Waals surface area contributed by atoms with Crippen LogP contribution < -0.4 is 4.74 Å². The van der Waals surface area contributed by atoms with Gasteiger partial charge in [0.25, 0.3) is 0 Å². The van der Waals surface area contributed by atoms with Crippen LogP contribution in [0.1, 0.15) is 21.4 Å². The minimum Gasteiger partial charge on any atom is -0.497 e. The van der Waals surface area contributed by atoms with E-state index in [0.717, 1.165) is 31.2 Å². The average molecular weight is 366 g/mol. The molecule has 5 heteroatoms. The van der Waals surface area contributed by atoms with Crippen LogP contribution in [0.25, 0.3) is 0 Å². The third-order valence-electron chi connectivity index (χ3n) is 2.64. The Kier molecular flexibility index (Phi) is 4.59. The molecule has 1 atom stereocenters. The van der Waals surface area contributed by atoms with Crippen molar-refractivity contribution >= 4 is 50.5 Å². The van der Waals surface area contributed by atoms with Gasteiger partial charge in [0.15, 0.2) is 0 Å². The third kappa shape index (κ3) is 2.69. The monoisotopic (exact) mass is 364 g/mol. The maximum Gasteiger partial charge on any atom is 0.120 e. The Labute approximate surface area is 129 Å². The number of benzene rings is 1. The van der Waals surface area contributed by atoms with Crippen molar-refractivity contribution in [2.75, 3.05) is 7.11 Å². The van der Waals surface area contributed by atoms with E-state index in [1.807, 2.05) is 30.5 Å². The Bertz CT molecular complexity index is 568. The smallest absolute Gasteiger partial charge is 0.120 e. The highest BCUT2D eigenvalue weighted by Gasteiger charge is 2.20. The summed E-state index contributed by atoms with van der Waals surface area (Å²) in [6, 6.07) is 5.74.